The quantitative estimate of drug-likeness (QED) is 0.320. The van der Waals surface area contributed by atoms with Gasteiger partial charge in [0.15, 0.2) is 0 Å². The average molecular weight is 608 g/mol. The molecule has 3 fully saturated rings. The third kappa shape index (κ3) is 5.76. The van der Waals surface area contributed by atoms with Crippen LogP contribution < -0.4 is 0 Å². The van der Waals surface area contributed by atoms with E-state index in [0.717, 1.165) is 12.0 Å². The zero-order chi connectivity index (χ0) is 32.7. The maximum atomic E-state index is 14.9. The van der Waals surface area contributed by atoms with E-state index in [1.165, 1.54) is 4.90 Å². The van der Waals surface area contributed by atoms with Crippen molar-refractivity contribution in [1.29, 1.82) is 0 Å². The minimum Gasteiger partial charge on any atom is -0.394 e. The van der Waals surface area contributed by atoms with Crippen LogP contribution in [-0.4, -0.2) is 86.0 Å². The van der Waals surface area contributed by atoms with Crippen LogP contribution in [0.5, 0.6) is 0 Å². The van der Waals surface area contributed by atoms with Crippen molar-refractivity contribution in [3.8, 4) is 0 Å². The Morgan fingerprint density at radius 2 is 1.73 bits per heavy atom. The number of amides is 3. The molecule has 3 amide bonds. The highest BCUT2D eigenvalue weighted by Crippen LogP contribution is 2.65. The third-order valence-electron chi connectivity index (χ3n) is 10.0. The van der Waals surface area contributed by atoms with E-state index < -0.39 is 40.7 Å². The summed E-state index contributed by atoms with van der Waals surface area (Å²) >= 11 is 0. The molecule has 8 nitrogen and oxygen atoms in total. The van der Waals surface area contributed by atoms with Gasteiger partial charge in [-0.05, 0) is 57.4 Å². The largest absolute Gasteiger partial charge is 0.394 e. The van der Waals surface area contributed by atoms with Crippen molar-refractivity contribution in [3.63, 3.8) is 0 Å². The van der Waals surface area contributed by atoms with Crippen LogP contribution in [0.3, 0.4) is 0 Å². The minimum absolute atomic E-state index is 0.0624. The number of benzene rings is 1. The summed E-state index contributed by atoms with van der Waals surface area (Å²) in [4.78, 5) is 49.3. The summed E-state index contributed by atoms with van der Waals surface area (Å²) in [5.41, 5.74) is -1.66. The molecular weight excluding hydrogens is 554 g/mol. The Hall–Kier alpha value is -2.97. The van der Waals surface area contributed by atoms with E-state index in [4.69, 9.17) is 4.74 Å². The Kier molecular flexibility index (Phi) is 9.58. The summed E-state index contributed by atoms with van der Waals surface area (Å²) in [6, 6.07) is 8.18. The van der Waals surface area contributed by atoms with Crippen LogP contribution in [0.1, 0.15) is 79.7 Å². The van der Waals surface area contributed by atoms with Crippen molar-refractivity contribution < 1.29 is 24.2 Å². The van der Waals surface area contributed by atoms with Crippen molar-refractivity contribution in [2.24, 2.45) is 17.3 Å². The first-order chi connectivity index (χ1) is 20.6. The molecule has 2 unspecified atom stereocenters. The highest BCUT2D eigenvalue weighted by molar-refractivity contribution is 5.99. The first kappa shape index (κ1) is 33.9. The van der Waals surface area contributed by atoms with Gasteiger partial charge in [0.05, 0.1) is 30.1 Å². The van der Waals surface area contributed by atoms with E-state index in [2.05, 4.69) is 47.8 Å². The molecule has 0 aliphatic carbocycles. The van der Waals surface area contributed by atoms with Crippen molar-refractivity contribution >= 4 is 17.7 Å². The first-order valence-corrected chi connectivity index (χ1v) is 16.1. The van der Waals surface area contributed by atoms with Gasteiger partial charge in [-0.25, -0.2) is 0 Å². The summed E-state index contributed by atoms with van der Waals surface area (Å²) in [6.07, 6.45) is 5.77. The zero-order valence-electron chi connectivity index (χ0n) is 27.8. The van der Waals surface area contributed by atoms with E-state index in [0.29, 0.717) is 38.9 Å². The number of ether oxygens (including phenoxy) is 1. The Balaban J connectivity index is 1.82. The van der Waals surface area contributed by atoms with Gasteiger partial charge in [-0.2, -0.15) is 0 Å². The Labute approximate surface area is 264 Å². The normalized spacial score (nSPS) is 28.5. The van der Waals surface area contributed by atoms with Gasteiger partial charge in [0, 0.05) is 25.2 Å². The van der Waals surface area contributed by atoms with Gasteiger partial charge in [0.2, 0.25) is 17.7 Å². The van der Waals surface area contributed by atoms with Crippen molar-refractivity contribution in [1.82, 2.24) is 14.7 Å². The maximum absolute atomic E-state index is 14.9. The summed E-state index contributed by atoms with van der Waals surface area (Å²) < 4.78 is 7.01. The average Bonchev–Trinajstić information content (AvgIpc) is 3.57. The molecule has 8 heteroatoms. The number of carbonyl (C=O) groups excluding carboxylic acids is 3. The summed E-state index contributed by atoms with van der Waals surface area (Å²) in [5, 5.41) is 10.3. The van der Waals surface area contributed by atoms with Crippen LogP contribution in [0.25, 0.3) is 0 Å². The fourth-order valence-electron chi connectivity index (χ4n) is 8.57. The lowest BCUT2D eigenvalue weighted by molar-refractivity contribution is -0.160. The Morgan fingerprint density at radius 3 is 2.27 bits per heavy atom. The van der Waals surface area contributed by atoms with E-state index in [1.54, 1.807) is 24.0 Å². The number of aliphatic hydroxyl groups excluding tert-OH is 1. The molecule has 1 spiro atoms. The fraction of sp³-hybridized carbons (Fsp3) is 0.639. The molecule has 3 aliphatic rings. The topological polar surface area (TPSA) is 90.4 Å². The van der Waals surface area contributed by atoms with Gasteiger partial charge in [-0.1, -0.05) is 70.2 Å². The number of hydrogen-bond donors (Lipinski definition) is 1. The minimum atomic E-state index is -1.17. The predicted molar refractivity (Wildman–Crippen MR) is 172 cm³/mol. The summed E-state index contributed by atoms with van der Waals surface area (Å²) in [6.45, 7) is 22.8. The fourth-order valence-corrected chi connectivity index (χ4v) is 8.57. The number of likely N-dealkylation sites (tertiary alicyclic amines) is 1. The monoisotopic (exact) mass is 607 g/mol. The predicted octanol–water partition coefficient (Wildman–Crippen LogP) is 4.97. The standard InChI is InChI=1S/C36H53N3O5/c1-10-20-37(22-26-16-14-13-15-17-26)30(41)27-28-31(42)39(25(4)23-40)29(36(28)19-18-35(27,12-3)44-36)32(43)38(21-11-2)34(8,9)24-33(5,6)7/h10-11,13-17,25,27-29,40H,1-2,12,18-24H2,3-9H3/t25-,27+,28+,29?,35-,36?/m1/s1. The summed E-state index contributed by atoms with van der Waals surface area (Å²) in [7, 11) is 0. The van der Waals surface area contributed by atoms with Gasteiger partial charge in [-0.15, -0.1) is 13.2 Å². The van der Waals surface area contributed by atoms with Gasteiger partial charge in [-0.3, -0.25) is 14.4 Å². The molecule has 3 heterocycles. The van der Waals surface area contributed by atoms with Crippen LogP contribution in [0.15, 0.2) is 55.6 Å². The third-order valence-corrected chi connectivity index (χ3v) is 10.0. The van der Waals surface area contributed by atoms with Gasteiger partial charge >= 0.3 is 0 Å². The maximum Gasteiger partial charge on any atom is 0.249 e. The molecule has 2 bridgehead atoms. The van der Waals surface area contributed by atoms with Gasteiger partial charge in [0.25, 0.3) is 0 Å². The zero-order valence-corrected chi connectivity index (χ0v) is 27.8. The van der Waals surface area contributed by atoms with Crippen LogP contribution in [0.2, 0.25) is 0 Å². The second-order valence-corrected chi connectivity index (χ2v) is 14.9. The first-order valence-electron chi connectivity index (χ1n) is 16.1. The molecule has 4 rings (SSSR count). The number of rotatable bonds is 13. The molecular formula is C36H53N3O5. The molecule has 44 heavy (non-hydrogen) atoms. The molecule has 3 saturated heterocycles. The number of aliphatic hydroxyl groups is 1. The molecule has 1 aromatic rings. The molecule has 0 radical (unpaired) electrons. The molecule has 242 valence electrons. The van der Waals surface area contributed by atoms with Crippen LogP contribution in [-0.2, 0) is 25.7 Å². The van der Waals surface area contributed by atoms with Crippen molar-refractivity contribution in [2.75, 3.05) is 19.7 Å². The SMILES string of the molecule is C=CCN(Cc1ccccc1)C(=O)[C@@H]1[C@H]2C(=O)N([C@H](C)CO)C(C(=O)N(CC=C)C(C)(C)CC(C)(C)C)C23CC[C@@]1(CC)O3. The van der Waals surface area contributed by atoms with Gasteiger partial charge in [0.1, 0.15) is 11.6 Å². The number of carbonyl (C=O) groups is 3. The molecule has 1 N–H and O–H groups in total. The second-order valence-electron chi connectivity index (χ2n) is 14.9. The number of nitrogens with zero attached hydrogens (tertiary/aromatic N) is 3. The van der Waals surface area contributed by atoms with E-state index >= 15 is 0 Å². The Bertz CT molecular complexity index is 1260. The lowest BCUT2D eigenvalue weighted by Gasteiger charge is -2.46. The lowest BCUT2D eigenvalue weighted by Crippen LogP contribution is -2.62. The van der Waals surface area contributed by atoms with Crippen LogP contribution in [0, 0.1) is 17.3 Å². The molecule has 6 atom stereocenters. The lowest BCUT2D eigenvalue weighted by atomic mass is 9.64. The second kappa shape index (κ2) is 12.4. The van der Waals surface area contributed by atoms with Crippen LogP contribution >= 0.6 is 0 Å². The van der Waals surface area contributed by atoms with Crippen molar-refractivity contribution in [3.05, 3.63) is 61.2 Å². The Morgan fingerprint density at radius 1 is 1.09 bits per heavy atom. The van der Waals surface area contributed by atoms with E-state index in [-0.39, 0.29) is 29.7 Å². The van der Waals surface area contributed by atoms with Gasteiger partial charge < -0.3 is 24.5 Å². The highest BCUT2D eigenvalue weighted by atomic mass is 16.5. The highest BCUT2D eigenvalue weighted by Gasteiger charge is 2.79. The number of hydrogen-bond acceptors (Lipinski definition) is 5. The smallest absolute Gasteiger partial charge is 0.249 e. The molecule has 0 aromatic heterocycles. The van der Waals surface area contributed by atoms with Crippen molar-refractivity contribution in [2.45, 2.75) is 110 Å². The van der Waals surface area contributed by atoms with E-state index in [9.17, 15) is 19.5 Å². The van der Waals surface area contributed by atoms with E-state index in [1.807, 2.05) is 42.2 Å². The number of fused-ring (bicyclic) bond motifs is 1. The molecule has 3 aliphatic heterocycles. The molecule has 1 aromatic carbocycles. The molecule has 0 saturated carbocycles. The van der Waals surface area contributed by atoms with Crippen LogP contribution in [0.4, 0.5) is 0 Å². The summed E-state index contributed by atoms with van der Waals surface area (Å²) in [5.74, 6) is -2.24.